The predicted octanol–water partition coefficient (Wildman–Crippen LogP) is 0.869. The largest absolute Gasteiger partial charge is 0.309 e. The topological polar surface area (TPSA) is 25.8 Å². The number of rotatable bonds is 0. The molecule has 1 heterocycles. The number of halogens is 2. The second-order valence-corrected chi connectivity index (χ2v) is 1.41. The molecule has 0 aliphatic carbocycles. The summed E-state index contributed by atoms with van der Waals surface area (Å²) in [6.07, 6.45) is 3.38. The number of hydrogen-bond donors (Lipinski definition) is 0. The van der Waals surface area contributed by atoms with Crippen LogP contribution in [0, 0.1) is 18.5 Å². The van der Waals surface area contributed by atoms with Gasteiger partial charge in [0, 0.05) is 0 Å². The Bertz CT molecular complexity index is 153. The highest BCUT2D eigenvalue weighted by molar-refractivity contribution is 6.30. The van der Waals surface area contributed by atoms with E-state index in [1.807, 2.05) is 0 Å². The fourth-order valence-electron chi connectivity index (χ4n) is 0.240. The van der Waals surface area contributed by atoms with Gasteiger partial charge >= 0.3 is 6.08 Å². The van der Waals surface area contributed by atoms with Crippen LogP contribution in [-0.4, -0.2) is 9.97 Å². The van der Waals surface area contributed by atoms with Crippen molar-refractivity contribution in [2.45, 2.75) is 0 Å². The normalized spacial score (nSPS) is 9.25. The molecule has 0 aromatic carbocycles. The highest BCUT2D eigenvalue weighted by Gasteiger charge is 1.90. The average Bonchev–Trinajstić information content (AvgIpc) is 1.77. The molecule has 0 bridgehead atoms. The number of nitrogens with zero attached hydrogens (tertiary/aromatic N) is 2. The smallest absolute Gasteiger partial charge is 0.199 e. The van der Waals surface area contributed by atoms with Crippen LogP contribution in [0.1, 0.15) is 0 Å². The van der Waals surface area contributed by atoms with Crippen molar-refractivity contribution in [3.63, 3.8) is 0 Å². The van der Waals surface area contributed by atoms with Crippen molar-refractivity contribution in [2.24, 2.45) is 0 Å². The second-order valence-electron chi connectivity index (χ2n) is 1.03. The first-order chi connectivity index (χ1) is 3.79. The standard InChI is InChI=1S/C4ClFN2/c5-3-1-7-4(6)8-2-3. The van der Waals surface area contributed by atoms with Gasteiger partial charge in [0.15, 0.2) is 0 Å². The molecule has 4 heteroatoms. The summed E-state index contributed by atoms with van der Waals surface area (Å²) in [7, 11) is 0. The maximum absolute atomic E-state index is 11.7. The Balaban J connectivity index is 3.03. The second kappa shape index (κ2) is 2.05. The molecule has 1 aromatic rings. The van der Waals surface area contributed by atoms with E-state index in [9.17, 15) is 4.39 Å². The third-order valence-electron chi connectivity index (χ3n) is 0.493. The molecule has 0 saturated carbocycles. The zero-order valence-electron chi connectivity index (χ0n) is 3.65. The average molecular weight is 131 g/mol. The van der Waals surface area contributed by atoms with Gasteiger partial charge in [-0.05, 0) is 0 Å². The van der Waals surface area contributed by atoms with E-state index in [1.165, 1.54) is 0 Å². The van der Waals surface area contributed by atoms with Crippen molar-refractivity contribution in [2.75, 3.05) is 0 Å². The fourth-order valence-corrected chi connectivity index (χ4v) is 0.325. The third-order valence-corrected chi connectivity index (χ3v) is 0.662. The Morgan fingerprint density at radius 3 is 2.25 bits per heavy atom. The summed E-state index contributed by atoms with van der Waals surface area (Å²) in [5.74, 6) is 0. The molecule has 2 nitrogen and oxygen atoms in total. The fraction of sp³-hybridized carbons (Fsp3) is 0. The molecule has 0 aliphatic heterocycles. The van der Waals surface area contributed by atoms with E-state index >= 15 is 0 Å². The summed E-state index contributed by atoms with van der Waals surface area (Å²) in [6, 6.07) is 0. The minimum Gasteiger partial charge on any atom is -0.199 e. The van der Waals surface area contributed by atoms with E-state index < -0.39 is 6.08 Å². The summed E-state index contributed by atoms with van der Waals surface area (Å²) in [6.45, 7) is 0. The lowest BCUT2D eigenvalue weighted by Gasteiger charge is -1.81. The first-order valence-electron chi connectivity index (χ1n) is 1.77. The molecule has 8 heavy (non-hydrogen) atoms. The summed E-state index contributed by atoms with van der Waals surface area (Å²) in [4.78, 5) is 6.03. The van der Waals surface area contributed by atoms with E-state index in [1.54, 1.807) is 0 Å². The molecule has 0 spiro atoms. The minimum atomic E-state index is -0.866. The van der Waals surface area contributed by atoms with Crippen molar-refractivity contribution in [3.8, 4) is 0 Å². The van der Waals surface area contributed by atoms with Crippen LogP contribution in [0.4, 0.5) is 4.39 Å². The van der Waals surface area contributed by atoms with Gasteiger partial charge in [0.05, 0.1) is 5.02 Å². The lowest BCUT2D eigenvalue weighted by atomic mass is 10.7. The van der Waals surface area contributed by atoms with Crippen LogP contribution in [0.15, 0.2) is 0 Å². The van der Waals surface area contributed by atoms with E-state index in [-0.39, 0.29) is 5.02 Å². The summed E-state index contributed by atoms with van der Waals surface area (Å²) in [5, 5.41) is 0.0893. The van der Waals surface area contributed by atoms with Gasteiger partial charge in [-0.2, -0.15) is 14.4 Å². The quantitative estimate of drug-likeness (QED) is 0.487. The molecule has 0 unspecified atom stereocenters. The molecule has 1 aromatic heterocycles. The summed E-state index contributed by atoms with van der Waals surface area (Å²) in [5.41, 5.74) is 0. The van der Waals surface area contributed by atoms with E-state index in [4.69, 9.17) is 11.6 Å². The first kappa shape index (κ1) is 5.44. The number of hydrogen-bond acceptors (Lipinski definition) is 2. The minimum absolute atomic E-state index is 0.0893. The van der Waals surface area contributed by atoms with Gasteiger partial charge in [0.1, 0.15) is 12.4 Å². The maximum Gasteiger partial charge on any atom is 0.309 e. The highest BCUT2D eigenvalue weighted by Crippen LogP contribution is 1.98. The predicted molar refractivity (Wildman–Crippen MR) is 24.7 cm³/mol. The van der Waals surface area contributed by atoms with Crippen molar-refractivity contribution >= 4 is 11.6 Å². The molecule has 2 radical (unpaired) electrons. The van der Waals surface area contributed by atoms with Crippen molar-refractivity contribution in [3.05, 3.63) is 23.5 Å². The highest BCUT2D eigenvalue weighted by atomic mass is 35.5. The monoisotopic (exact) mass is 130 g/mol. The van der Waals surface area contributed by atoms with Crippen LogP contribution >= 0.6 is 11.6 Å². The molecule has 0 fully saturated rings. The lowest BCUT2D eigenvalue weighted by Crippen LogP contribution is -1.85. The van der Waals surface area contributed by atoms with E-state index in [0.29, 0.717) is 0 Å². The molecule has 40 valence electrons. The Morgan fingerprint density at radius 2 is 1.88 bits per heavy atom. The molecule has 0 atom stereocenters. The number of aromatic nitrogens is 2. The summed E-state index contributed by atoms with van der Waals surface area (Å²) >= 11 is 5.21. The van der Waals surface area contributed by atoms with Gasteiger partial charge < -0.3 is 0 Å². The first-order valence-corrected chi connectivity index (χ1v) is 2.15. The van der Waals surface area contributed by atoms with Crippen LogP contribution in [0.3, 0.4) is 0 Å². The van der Waals surface area contributed by atoms with Crippen LogP contribution in [0.25, 0.3) is 0 Å². The Morgan fingerprint density at radius 1 is 1.38 bits per heavy atom. The van der Waals surface area contributed by atoms with E-state index in [2.05, 4.69) is 22.4 Å². The third kappa shape index (κ3) is 1.13. The zero-order chi connectivity index (χ0) is 5.98. The van der Waals surface area contributed by atoms with Crippen LogP contribution < -0.4 is 0 Å². The molecule has 1 rings (SSSR count). The van der Waals surface area contributed by atoms with Crippen molar-refractivity contribution in [1.82, 2.24) is 9.97 Å². The Hall–Kier alpha value is -0.700. The maximum atomic E-state index is 11.7. The van der Waals surface area contributed by atoms with Gasteiger partial charge in [-0.3, -0.25) is 0 Å². The van der Waals surface area contributed by atoms with Crippen LogP contribution in [0.5, 0.6) is 0 Å². The molecule has 0 amide bonds. The summed E-state index contributed by atoms with van der Waals surface area (Å²) < 4.78 is 11.7. The van der Waals surface area contributed by atoms with Gasteiger partial charge in [-0.15, -0.1) is 0 Å². The molecule has 0 aliphatic rings. The van der Waals surface area contributed by atoms with Gasteiger partial charge in [0.2, 0.25) is 0 Å². The van der Waals surface area contributed by atoms with Crippen LogP contribution in [-0.2, 0) is 0 Å². The Kier molecular flexibility index (Phi) is 1.39. The van der Waals surface area contributed by atoms with E-state index in [0.717, 1.165) is 0 Å². The van der Waals surface area contributed by atoms with Crippen LogP contribution in [0.2, 0.25) is 5.02 Å². The lowest BCUT2D eigenvalue weighted by molar-refractivity contribution is 0.536. The van der Waals surface area contributed by atoms with Gasteiger partial charge in [-0.25, -0.2) is 0 Å². The van der Waals surface area contributed by atoms with Gasteiger partial charge in [-0.1, -0.05) is 11.6 Å². The molecule has 0 saturated heterocycles. The molecular formula is C4ClFN2. The zero-order valence-corrected chi connectivity index (χ0v) is 4.41. The van der Waals surface area contributed by atoms with Gasteiger partial charge in [0.25, 0.3) is 0 Å². The molecular weight excluding hydrogens is 131 g/mol. The van der Waals surface area contributed by atoms with Crippen molar-refractivity contribution < 1.29 is 4.39 Å². The Labute approximate surface area is 50.3 Å². The van der Waals surface area contributed by atoms with Crippen molar-refractivity contribution in [1.29, 1.82) is 0 Å². The molecule has 0 N–H and O–H groups in total. The SMILES string of the molecule is Fc1n[c]c(Cl)[c]n1.